The Balaban J connectivity index is 2.09. The highest BCUT2D eigenvalue weighted by atomic mass is 35.5. The second-order valence-corrected chi connectivity index (χ2v) is 5.25. The van der Waals surface area contributed by atoms with Crippen LogP contribution in [0, 0.1) is 5.92 Å². The number of halogens is 1. The van der Waals surface area contributed by atoms with Crippen molar-refractivity contribution in [3.8, 4) is 0 Å². The molecule has 1 aliphatic carbocycles. The van der Waals surface area contributed by atoms with Crippen molar-refractivity contribution in [1.82, 2.24) is 5.32 Å². The van der Waals surface area contributed by atoms with Crippen molar-refractivity contribution >= 4 is 23.5 Å². The first-order valence-corrected chi connectivity index (χ1v) is 6.74. The smallest absolute Gasteiger partial charge is 0.330 e. The summed E-state index contributed by atoms with van der Waals surface area (Å²) in [5, 5.41) is 12.4. The molecule has 0 bridgehead atoms. The number of amides is 1. The molecular formula is C14H16ClNO3. The number of carboxylic acids is 1. The quantitative estimate of drug-likeness (QED) is 0.892. The first-order valence-electron chi connectivity index (χ1n) is 6.36. The van der Waals surface area contributed by atoms with Gasteiger partial charge in [-0.3, -0.25) is 4.79 Å². The lowest BCUT2D eigenvalue weighted by Crippen LogP contribution is -2.37. The van der Waals surface area contributed by atoms with Gasteiger partial charge in [0.15, 0.2) is 6.04 Å². The van der Waals surface area contributed by atoms with Gasteiger partial charge in [-0.2, -0.15) is 0 Å². The highest BCUT2D eigenvalue weighted by molar-refractivity contribution is 6.30. The maximum absolute atomic E-state index is 12.0. The summed E-state index contributed by atoms with van der Waals surface area (Å²) in [5.74, 6) is -1.28. The second kappa shape index (κ2) is 6.06. The summed E-state index contributed by atoms with van der Waals surface area (Å²) in [7, 11) is 0. The second-order valence-electron chi connectivity index (χ2n) is 4.81. The van der Waals surface area contributed by atoms with E-state index < -0.39 is 12.0 Å². The Morgan fingerprint density at radius 1 is 1.21 bits per heavy atom. The van der Waals surface area contributed by atoms with Gasteiger partial charge >= 0.3 is 5.97 Å². The summed E-state index contributed by atoms with van der Waals surface area (Å²) >= 11 is 5.77. The molecule has 2 rings (SSSR count). The molecule has 1 amide bonds. The summed E-state index contributed by atoms with van der Waals surface area (Å²) in [4.78, 5) is 23.3. The fourth-order valence-electron chi connectivity index (χ4n) is 2.39. The van der Waals surface area contributed by atoms with Crippen molar-refractivity contribution in [2.75, 3.05) is 0 Å². The Bertz CT molecular complexity index is 466. The van der Waals surface area contributed by atoms with Crippen LogP contribution in [-0.2, 0) is 9.59 Å². The summed E-state index contributed by atoms with van der Waals surface area (Å²) in [6.07, 6.45) is 3.77. The Morgan fingerprint density at radius 3 is 2.32 bits per heavy atom. The molecule has 0 spiro atoms. The van der Waals surface area contributed by atoms with E-state index >= 15 is 0 Å². The number of rotatable bonds is 4. The van der Waals surface area contributed by atoms with Gasteiger partial charge in [-0.15, -0.1) is 0 Å². The highest BCUT2D eigenvalue weighted by Crippen LogP contribution is 2.26. The van der Waals surface area contributed by atoms with Crippen LogP contribution in [0.4, 0.5) is 0 Å². The third-order valence-electron chi connectivity index (χ3n) is 3.46. The molecule has 1 atom stereocenters. The number of carbonyl (C=O) groups is 2. The van der Waals surface area contributed by atoms with E-state index in [4.69, 9.17) is 11.6 Å². The molecule has 1 saturated carbocycles. The fraction of sp³-hybridized carbons (Fsp3) is 0.429. The van der Waals surface area contributed by atoms with E-state index in [1.165, 1.54) is 0 Å². The number of carboxylic acid groups (broad SMARTS) is 1. The van der Waals surface area contributed by atoms with Crippen LogP contribution in [0.1, 0.15) is 37.3 Å². The van der Waals surface area contributed by atoms with E-state index in [1.54, 1.807) is 24.3 Å². The summed E-state index contributed by atoms with van der Waals surface area (Å²) in [6, 6.07) is 5.47. The normalized spacial score (nSPS) is 17.1. The van der Waals surface area contributed by atoms with Crippen LogP contribution in [0.25, 0.3) is 0 Å². The van der Waals surface area contributed by atoms with E-state index in [-0.39, 0.29) is 11.8 Å². The van der Waals surface area contributed by atoms with Gasteiger partial charge in [-0.25, -0.2) is 4.79 Å². The molecule has 4 nitrogen and oxygen atoms in total. The Morgan fingerprint density at radius 2 is 1.79 bits per heavy atom. The van der Waals surface area contributed by atoms with Gasteiger partial charge in [0.2, 0.25) is 5.91 Å². The number of hydrogen-bond donors (Lipinski definition) is 2. The lowest BCUT2D eigenvalue weighted by Gasteiger charge is -2.17. The fourth-order valence-corrected chi connectivity index (χ4v) is 2.52. The molecule has 1 aromatic rings. The topological polar surface area (TPSA) is 66.4 Å². The molecule has 0 aromatic heterocycles. The van der Waals surface area contributed by atoms with Gasteiger partial charge in [0.25, 0.3) is 0 Å². The van der Waals surface area contributed by atoms with E-state index in [0.29, 0.717) is 10.6 Å². The van der Waals surface area contributed by atoms with Gasteiger partial charge in [-0.1, -0.05) is 36.6 Å². The third kappa shape index (κ3) is 3.47. The number of nitrogens with one attached hydrogen (secondary N) is 1. The zero-order chi connectivity index (χ0) is 13.8. The van der Waals surface area contributed by atoms with Crippen LogP contribution in [-0.4, -0.2) is 17.0 Å². The number of carbonyl (C=O) groups excluding carboxylic acids is 1. The van der Waals surface area contributed by atoms with E-state index in [1.807, 2.05) is 0 Å². The lowest BCUT2D eigenvalue weighted by atomic mass is 10.0. The minimum atomic E-state index is -1.06. The molecule has 0 aliphatic heterocycles. The molecule has 0 saturated heterocycles. The van der Waals surface area contributed by atoms with Crippen molar-refractivity contribution in [1.29, 1.82) is 0 Å². The number of hydrogen-bond acceptors (Lipinski definition) is 2. The van der Waals surface area contributed by atoms with Gasteiger partial charge in [-0.05, 0) is 30.5 Å². The first-order chi connectivity index (χ1) is 9.08. The van der Waals surface area contributed by atoms with Crippen molar-refractivity contribution < 1.29 is 14.7 Å². The van der Waals surface area contributed by atoms with Crippen LogP contribution >= 0.6 is 11.6 Å². The Labute approximate surface area is 116 Å². The summed E-state index contributed by atoms with van der Waals surface area (Å²) < 4.78 is 0. The highest BCUT2D eigenvalue weighted by Gasteiger charge is 2.28. The van der Waals surface area contributed by atoms with E-state index in [2.05, 4.69) is 5.32 Å². The van der Waals surface area contributed by atoms with Crippen molar-refractivity contribution in [3.05, 3.63) is 34.9 Å². The van der Waals surface area contributed by atoms with Crippen LogP contribution in [0.5, 0.6) is 0 Å². The van der Waals surface area contributed by atoms with Gasteiger partial charge in [0.1, 0.15) is 0 Å². The monoisotopic (exact) mass is 281 g/mol. The average Bonchev–Trinajstić information content (AvgIpc) is 2.90. The molecule has 0 radical (unpaired) electrons. The predicted molar refractivity (Wildman–Crippen MR) is 71.9 cm³/mol. The molecule has 0 heterocycles. The molecule has 102 valence electrons. The zero-order valence-corrected chi connectivity index (χ0v) is 11.2. The van der Waals surface area contributed by atoms with Crippen LogP contribution in [0.3, 0.4) is 0 Å². The standard InChI is InChI=1S/C14H16ClNO3/c15-11-7-5-9(6-8-11)12(14(18)19)16-13(17)10-3-1-2-4-10/h5-8,10,12H,1-4H2,(H,16,17)(H,18,19). The Kier molecular flexibility index (Phi) is 4.43. The van der Waals surface area contributed by atoms with Crippen LogP contribution in [0.2, 0.25) is 5.02 Å². The number of benzene rings is 1. The summed E-state index contributed by atoms with van der Waals surface area (Å²) in [5.41, 5.74) is 0.531. The van der Waals surface area contributed by atoms with Crippen molar-refractivity contribution in [2.45, 2.75) is 31.7 Å². The molecular weight excluding hydrogens is 266 g/mol. The molecule has 1 aliphatic rings. The van der Waals surface area contributed by atoms with Gasteiger partial charge in [0.05, 0.1) is 0 Å². The SMILES string of the molecule is O=C(NC(C(=O)O)c1ccc(Cl)cc1)C1CCCC1. The molecule has 19 heavy (non-hydrogen) atoms. The lowest BCUT2D eigenvalue weighted by molar-refractivity contribution is -0.142. The minimum Gasteiger partial charge on any atom is -0.479 e. The third-order valence-corrected chi connectivity index (χ3v) is 3.71. The van der Waals surface area contributed by atoms with E-state index in [0.717, 1.165) is 25.7 Å². The van der Waals surface area contributed by atoms with E-state index in [9.17, 15) is 14.7 Å². The maximum Gasteiger partial charge on any atom is 0.330 e. The molecule has 5 heteroatoms. The summed E-state index contributed by atoms with van der Waals surface area (Å²) in [6.45, 7) is 0. The van der Waals surface area contributed by atoms with Gasteiger partial charge < -0.3 is 10.4 Å². The molecule has 1 aromatic carbocycles. The predicted octanol–water partition coefficient (Wildman–Crippen LogP) is 2.77. The van der Waals surface area contributed by atoms with Crippen LogP contribution < -0.4 is 5.32 Å². The van der Waals surface area contributed by atoms with Crippen molar-refractivity contribution in [3.63, 3.8) is 0 Å². The largest absolute Gasteiger partial charge is 0.479 e. The number of aliphatic carboxylic acids is 1. The average molecular weight is 282 g/mol. The van der Waals surface area contributed by atoms with Crippen LogP contribution in [0.15, 0.2) is 24.3 Å². The minimum absolute atomic E-state index is 0.0471. The maximum atomic E-state index is 12.0. The first kappa shape index (κ1) is 13.9. The molecule has 1 unspecified atom stereocenters. The Hall–Kier alpha value is -1.55. The molecule has 1 fully saturated rings. The van der Waals surface area contributed by atoms with Crippen molar-refractivity contribution in [2.24, 2.45) is 5.92 Å². The van der Waals surface area contributed by atoms with Gasteiger partial charge in [0, 0.05) is 10.9 Å². The molecule has 2 N–H and O–H groups in total. The zero-order valence-electron chi connectivity index (χ0n) is 10.4.